The number of ether oxygens (including phenoxy) is 1. The van der Waals surface area contributed by atoms with Crippen LogP contribution in [0.2, 0.25) is 0 Å². The molecule has 0 aromatic rings. The molecule has 0 aliphatic heterocycles. The number of hydrogen-bond donors (Lipinski definition) is 0. The number of hydrogen-bond acceptors (Lipinski definition) is 5. The SMILES string of the molecule is COC(=O)[C@H](C)OS(C)(=O)=O. The summed E-state index contributed by atoms with van der Waals surface area (Å²) in [4.78, 5) is 10.6. The van der Waals surface area contributed by atoms with Crippen molar-refractivity contribution in [3.8, 4) is 0 Å². The van der Waals surface area contributed by atoms with E-state index in [1.165, 1.54) is 6.92 Å². The molecule has 6 heteroatoms. The van der Waals surface area contributed by atoms with E-state index in [4.69, 9.17) is 0 Å². The number of esters is 1. The van der Waals surface area contributed by atoms with Gasteiger partial charge in [0.25, 0.3) is 10.1 Å². The Morgan fingerprint density at radius 1 is 1.45 bits per heavy atom. The van der Waals surface area contributed by atoms with E-state index in [0.29, 0.717) is 0 Å². The fourth-order valence-electron chi connectivity index (χ4n) is 0.467. The zero-order valence-corrected chi connectivity index (χ0v) is 7.34. The van der Waals surface area contributed by atoms with Crippen LogP contribution in [0.1, 0.15) is 6.92 Å². The van der Waals surface area contributed by atoms with Crippen molar-refractivity contribution < 1.29 is 22.1 Å². The average Bonchev–Trinajstić information content (AvgIpc) is 1.82. The number of carbonyl (C=O) groups is 1. The molecule has 5 nitrogen and oxygen atoms in total. The summed E-state index contributed by atoms with van der Waals surface area (Å²) in [5.41, 5.74) is 0. The third-order valence-corrected chi connectivity index (χ3v) is 1.49. The molecule has 0 aliphatic carbocycles. The second kappa shape index (κ2) is 3.68. The van der Waals surface area contributed by atoms with Gasteiger partial charge in [0.1, 0.15) is 0 Å². The van der Waals surface area contributed by atoms with Crippen LogP contribution in [-0.4, -0.2) is 33.9 Å². The maximum Gasteiger partial charge on any atom is 0.336 e. The van der Waals surface area contributed by atoms with Crippen LogP contribution in [-0.2, 0) is 23.8 Å². The van der Waals surface area contributed by atoms with E-state index in [-0.39, 0.29) is 0 Å². The van der Waals surface area contributed by atoms with E-state index < -0.39 is 22.2 Å². The zero-order chi connectivity index (χ0) is 9.07. The normalized spacial score (nSPS) is 14.1. The van der Waals surface area contributed by atoms with Gasteiger partial charge in [-0.2, -0.15) is 8.42 Å². The van der Waals surface area contributed by atoms with Crippen molar-refractivity contribution in [3.63, 3.8) is 0 Å². The highest BCUT2D eigenvalue weighted by atomic mass is 32.2. The predicted molar refractivity (Wildman–Crippen MR) is 37.4 cm³/mol. The predicted octanol–water partition coefficient (Wildman–Crippen LogP) is -0.476. The molecule has 0 unspecified atom stereocenters. The first-order valence-electron chi connectivity index (χ1n) is 2.83. The van der Waals surface area contributed by atoms with Gasteiger partial charge in [-0.05, 0) is 6.92 Å². The fraction of sp³-hybridized carbons (Fsp3) is 0.800. The van der Waals surface area contributed by atoms with E-state index in [1.54, 1.807) is 0 Å². The molecular formula is C5H10O5S. The second-order valence-corrected chi connectivity index (χ2v) is 3.57. The van der Waals surface area contributed by atoms with Gasteiger partial charge in [0.2, 0.25) is 0 Å². The average molecular weight is 182 g/mol. The minimum atomic E-state index is -3.58. The molecular weight excluding hydrogens is 172 g/mol. The van der Waals surface area contributed by atoms with Gasteiger partial charge in [-0.3, -0.25) is 4.18 Å². The Balaban J connectivity index is 4.09. The molecule has 0 rings (SSSR count). The third kappa shape index (κ3) is 4.74. The minimum Gasteiger partial charge on any atom is -0.467 e. The van der Waals surface area contributed by atoms with Crippen LogP contribution in [0, 0.1) is 0 Å². The Bertz CT molecular complexity index is 229. The molecule has 11 heavy (non-hydrogen) atoms. The lowest BCUT2D eigenvalue weighted by atomic mass is 10.4. The highest BCUT2D eigenvalue weighted by molar-refractivity contribution is 7.86. The molecule has 0 N–H and O–H groups in total. The molecule has 0 saturated heterocycles. The summed E-state index contributed by atoms with van der Waals surface area (Å²) in [7, 11) is -2.42. The van der Waals surface area contributed by atoms with Gasteiger partial charge in [-0.25, -0.2) is 4.79 Å². The summed E-state index contributed by atoms with van der Waals surface area (Å²) in [6.45, 7) is 1.30. The molecule has 0 fully saturated rings. The van der Waals surface area contributed by atoms with Gasteiger partial charge in [0.05, 0.1) is 13.4 Å². The lowest BCUT2D eigenvalue weighted by molar-refractivity contribution is -0.147. The van der Waals surface area contributed by atoms with E-state index in [9.17, 15) is 13.2 Å². The van der Waals surface area contributed by atoms with Crippen LogP contribution in [0.5, 0.6) is 0 Å². The first-order valence-corrected chi connectivity index (χ1v) is 4.64. The quantitative estimate of drug-likeness (QED) is 0.435. The molecule has 0 radical (unpaired) electrons. The van der Waals surface area contributed by atoms with Gasteiger partial charge < -0.3 is 4.74 Å². The van der Waals surface area contributed by atoms with Crippen LogP contribution >= 0.6 is 0 Å². The van der Waals surface area contributed by atoms with Crippen molar-refractivity contribution in [2.24, 2.45) is 0 Å². The molecule has 0 amide bonds. The van der Waals surface area contributed by atoms with Crippen molar-refractivity contribution >= 4 is 16.1 Å². The minimum absolute atomic E-state index is 0.713. The molecule has 0 heterocycles. The zero-order valence-electron chi connectivity index (χ0n) is 6.53. The molecule has 0 aromatic carbocycles. The Labute approximate surface area is 65.4 Å². The molecule has 66 valence electrons. The number of methoxy groups -OCH3 is 1. The third-order valence-electron chi connectivity index (χ3n) is 0.852. The standard InChI is InChI=1S/C5H10O5S/c1-4(5(6)9-2)10-11(3,7)8/h4H,1-3H3/t4-/m0/s1. The van der Waals surface area contributed by atoms with E-state index >= 15 is 0 Å². The summed E-state index contributed by atoms with van der Waals surface area (Å²) < 4.78 is 29.4. The van der Waals surface area contributed by atoms with Gasteiger partial charge >= 0.3 is 5.97 Å². The van der Waals surface area contributed by atoms with E-state index in [2.05, 4.69) is 8.92 Å². The second-order valence-electron chi connectivity index (χ2n) is 1.97. The molecule has 0 aliphatic rings. The van der Waals surface area contributed by atoms with Gasteiger partial charge in [-0.1, -0.05) is 0 Å². The van der Waals surface area contributed by atoms with Crippen molar-refractivity contribution in [1.82, 2.24) is 0 Å². The molecule has 0 spiro atoms. The lowest BCUT2D eigenvalue weighted by Gasteiger charge is -2.07. The molecule has 1 atom stereocenters. The van der Waals surface area contributed by atoms with Crippen LogP contribution in [0.3, 0.4) is 0 Å². The molecule has 0 saturated carbocycles. The Morgan fingerprint density at radius 3 is 2.18 bits per heavy atom. The van der Waals surface area contributed by atoms with Crippen molar-refractivity contribution in [3.05, 3.63) is 0 Å². The summed E-state index contributed by atoms with van der Waals surface area (Å²) in [5.74, 6) is -0.713. The van der Waals surface area contributed by atoms with Gasteiger partial charge in [0, 0.05) is 0 Å². The first-order chi connectivity index (χ1) is 4.87. The van der Waals surface area contributed by atoms with Gasteiger partial charge in [0.15, 0.2) is 6.10 Å². The summed E-state index contributed by atoms with van der Waals surface area (Å²) in [5, 5.41) is 0. The number of carbonyl (C=O) groups excluding carboxylic acids is 1. The lowest BCUT2D eigenvalue weighted by Crippen LogP contribution is -2.24. The highest BCUT2D eigenvalue weighted by Gasteiger charge is 2.18. The topological polar surface area (TPSA) is 69.7 Å². The van der Waals surface area contributed by atoms with E-state index in [0.717, 1.165) is 13.4 Å². The highest BCUT2D eigenvalue weighted by Crippen LogP contribution is 1.97. The van der Waals surface area contributed by atoms with Crippen molar-refractivity contribution in [2.75, 3.05) is 13.4 Å². The Morgan fingerprint density at radius 2 is 1.91 bits per heavy atom. The maximum atomic E-state index is 10.6. The smallest absolute Gasteiger partial charge is 0.336 e. The monoisotopic (exact) mass is 182 g/mol. The van der Waals surface area contributed by atoms with Crippen LogP contribution in [0.25, 0.3) is 0 Å². The maximum absolute atomic E-state index is 10.6. The van der Waals surface area contributed by atoms with Crippen molar-refractivity contribution in [1.29, 1.82) is 0 Å². The van der Waals surface area contributed by atoms with E-state index in [1.807, 2.05) is 0 Å². The first kappa shape index (κ1) is 10.4. The Kier molecular flexibility index (Phi) is 3.47. The fourth-order valence-corrected chi connectivity index (χ4v) is 1.07. The van der Waals surface area contributed by atoms with Crippen LogP contribution in [0.4, 0.5) is 0 Å². The summed E-state index contributed by atoms with van der Waals surface area (Å²) in [6.07, 6.45) is -0.207. The van der Waals surface area contributed by atoms with Crippen LogP contribution < -0.4 is 0 Å². The summed E-state index contributed by atoms with van der Waals surface area (Å²) in [6, 6.07) is 0. The van der Waals surface area contributed by atoms with Gasteiger partial charge in [-0.15, -0.1) is 0 Å². The Hall–Kier alpha value is -0.620. The number of rotatable bonds is 3. The van der Waals surface area contributed by atoms with Crippen LogP contribution in [0.15, 0.2) is 0 Å². The largest absolute Gasteiger partial charge is 0.467 e. The molecule has 0 bridgehead atoms. The molecule has 0 aromatic heterocycles. The summed E-state index contributed by atoms with van der Waals surface area (Å²) >= 11 is 0. The van der Waals surface area contributed by atoms with Crippen molar-refractivity contribution in [2.45, 2.75) is 13.0 Å².